The predicted octanol–water partition coefficient (Wildman–Crippen LogP) is 6.52. The molecule has 3 nitrogen and oxygen atoms in total. The smallest absolute Gasteiger partial charge is 0.162 e. The van der Waals surface area contributed by atoms with Crippen LogP contribution in [-0.2, 0) is 0 Å². The van der Waals surface area contributed by atoms with E-state index in [4.69, 9.17) is 4.74 Å². The van der Waals surface area contributed by atoms with Crippen LogP contribution in [0.5, 0.6) is 11.5 Å². The maximum absolute atomic E-state index is 6.52. The predicted molar refractivity (Wildman–Crippen MR) is 110 cm³/mol. The molecule has 0 amide bonds. The largest absolute Gasteiger partial charge is 0.452 e. The Morgan fingerprint density at radius 1 is 0.704 bits per heavy atom. The molecule has 1 N–H and O–H groups in total. The highest BCUT2D eigenvalue weighted by atomic mass is 16.5. The molecule has 126 valence electrons. The Bertz CT molecular complexity index is 1550. The van der Waals surface area contributed by atoms with Gasteiger partial charge >= 0.3 is 0 Å². The summed E-state index contributed by atoms with van der Waals surface area (Å²) in [5.74, 6) is 1.83. The first kappa shape index (κ1) is 13.5. The highest BCUT2D eigenvalue weighted by molar-refractivity contribution is 6.22. The van der Waals surface area contributed by atoms with Crippen molar-refractivity contribution in [3.05, 3.63) is 78.9 Å². The third kappa shape index (κ3) is 1.53. The summed E-state index contributed by atoms with van der Waals surface area (Å²) < 4.78 is 8.87. The fourth-order valence-electron chi connectivity index (χ4n) is 4.60. The molecule has 3 heterocycles. The average molecular weight is 346 g/mol. The summed E-state index contributed by atoms with van der Waals surface area (Å²) >= 11 is 0. The number of nitrogens with zero attached hydrogens (tertiary/aromatic N) is 1. The molecule has 2 aromatic heterocycles. The second-order valence-electron chi connectivity index (χ2n) is 7.12. The van der Waals surface area contributed by atoms with Gasteiger partial charge in [0.1, 0.15) is 0 Å². The lowest BCUT2D eigenvalue weighted by Crippen LogP contribution is -2.04. The maximum Gasteiger partial charge on any atom is 0.162 e. The molecule has 6 aromatic rings. The molecule has 0 saturated carbocycles. The van der Waals surface area contributed by atoms with Crippen molar-refractivity contribution in [2.45, 2.75) is 0 Å². The van der Waals surface area contributed by atoms with Crippen LogP contribution in [0.1, 0.15) is 0 Å². The van der Waals surface area contributed by atoms with E-state index in [0.717, 1.165) is 39.1 Å². The summed E-state index contributed by atoms with van der Waals surface area (Å²) in [6.45, 7) is 0. The van der Waals surface area contributed by atoms with Gasteiger partial charge in [-0.1, -0.05) is 48.5 Å². The van der Waals surface area contributed by atoms with Crippen LogP contribution in [0.2, 0.25) is 0 Å². The molecule has 1 aliphatic heterocycles. The van der Waals surface area contributed by atoms with E-state index >= 15 is 0 Å². The molecule has 0 unspecified atom stereocenters. The van der Waals surface area contributed by atoms with Crippen LogP contribution in [0.15, 0.2) is 78.9 Å². The highest BCUT2D eigenvalue weighted by Crippen LogP contribution is 2.49. The molecule has 27 heavy (non-hydrogen) atoms. The average Bonchev–Trinajstić information content (AvgIpc) is 3.25. The third-order valence-corrected chi connectivity index (χ3v) is 5.70. The number of H-pyrrole nitrogens is 1. The van der Waals surface area contributed by atoms with E-state index in [1.54, 1.807) is 0 Å². The lowest BCUT2D eigenvalue weighted by molar-refractivity contribution is 0.482. The van der Waals surface area contributed by atoms with Crippen molar-refractivity contribution in [1.29, 1.82) is 0 Å². The number of hydrogen-bond donors (Lipinski definition) is 1. The van der Waals surface area contributed by atoms with Crippen LogP contribution >= 0.6 is 0 Å². The fourth-order valence-corrected chi connectivity index (χ4v) is 4.60. The van der Waals surface area contributed by atoms with Gasteiger partial charge in [0.05, 0.1) is 27.6 Å². The zero-order valence-corrected chi connectivity index (χ0v) is 14.4. The van der Waals surface area contributed by atoms with Crippen LogP contribution in [0.4, 0.5) is 0 Å². The molecule has 0 saturated heterocycles. The van der Waals surface area contributed by atoms with Gasteiger partial charge in [0.2, 0.25) is 0 Å². The Balaban J connectivity index is 1.83. The van der Waals surface area contributed by atoms with Gasteiger partial charge in [0, 0.05) is 21.7 Å². The normalized spacial score (nSPS) is 12.7. The summed E-state index contributed by atoms with van der Waals surface area (Å²) in [6, 6.07) is 27.6. The van der Waals surface area contributed by atoms with Crippen LogP contribution in [0, 0.1) is 0 Å². The number of nitrogens with one attached hydrogen (secondary N) is 1. The number of ether oxygens (including phenoxy) is 1. The minimum atomic E-state index is 0.894. The first-order valence-electron chi connectivity index (χ1n) is 9.14. The number of hydrogen-bond acceptors (Lipinski definition) is 1. The fraction of sp³-hybridized carbons (Fsp3) is 0. The molecule has 0 spiro atoms. The summed E-state index contributed by atoms with van der Waals surface area (Å²) in [5, 5.41) is 4.81. The Hall–Kier alpha value is -3.72. The lowest BCUT2D eigenvalue weighted by atomic mass is 10.1. The van der Waals surface area contributed by atoms with Gasteiger partial charge in [0.25, 0.3) is 0 Å². The molecular formula is C24H14N2O. The second kappa shape index (κ2) is 4.51. The molecule has 3 heteroatoms. The Labute approximate surface area is 154 Å². The summed E-state index contributed by atoms with van der Waals surface area (Å²) in [5.41, 5.74) is 5.69. The third-order valence-electron chi connectivity index (χ3n) is 5.70. The van der Waals surface area contributed by atoms with Crippen molar-refractivity contribution in [2.24, 2.45) is 0 Å². The van der Waals surface area contributed by atoms with Gasteiger partial charge < -0.3 is 14.3 Å². The van der Waals surface area contributed by atoms with Crippen LogP contribution in [-0.4, -0.2) is 9.55 Å². The molecule has 0 radical (unpaired) electrons. The molecule has 4 aromatic carbocycles. The molecule has 0 aliphatic carbocycles. The summed E-state index contributed by atoms with van der Waals surface area (Å²) in [7, 11) is 0. The minimum absolute atomic E-state index is 0.894. The second-order valence-corrected chi connectivity index (χ2v) is 7.12. The van der Waals surface area contributed by atoms with Gasteiger partial charge in [0.15, 0.2) is 11.5 Å². The number of para-hydroxylation sites is 4. The van der Waals surface area contributed by atoms with E-state index in [1.165, 1.54) is 21.7 Å². The molecule has 0 atom stereocenters. The summed E-state index contributed by atoms with van der Waals surface area (Å²) in [6.07, 6.45) is 0. The number of aromatic nitrogens is 2. The van der Waals surface area contributed by atoms with Gasteiger partial charge in [-0.15, -0.1) is 0 Å². The molecule has 0 bridgehead atoms. The van der Waals surface area contributed by atoms with Crippen molar-refractivity contribution in [3.63, 3.8) is 0 Å². The van der Waals surface area contributed by atoms with E-state index in [-0.39, 0.29) is 0 Å². The minimum Gasteiger partial charge on any atom is -0.452 e. The van der Waals surface area contributed by atoms with Gasteiger partial charge in [-0.25, -0.2) is 0 Å². The van der Waals surface area contributed by atoms with Crippen molar-refractivity contribution < 1.29 is 4.74 Å². The zero-order valence-electron chi connectivity index (χ0n) is 14.4. The molecule has 7 rings (SSSR count). The first-order chi connectivity index (χ1) is 13.4. The van der Waals surface area contributed by atoms with E-state index in [1.807, 2.05) is 12.1 Å². The number of fused-ring (bicyclic) bond motifs is 9. The topological polar surface area (TPSA) is 29.9 Å². The highest BCUT2D eigenvalue weighted by Gasteiger charge is 2.26. The maximum atomic E-state index is 6.52. The first-order valence-corrected chi connectivity index (χ1v) is 9.14. The van der Waals surface area contributed by atoms with Gasteiger partial charge in [-0.3, -0.25) is 0 Å². The zero-order chi connectivity index (χ0) is 17.5. The van der Waals surface area contributed by atoms with E-state index < -0.39 is 0 Å². The molecular weight excluding hydrogens is 332 g/mol. The van der Waals surface area contributed by atoms with Crippen molar-refractivity contribution in [3.8, 4) is 17.2 Å². The monoisotopic (exact) mass is 346 g/mol. The van der Waals surface area contributed by atoms with Crippen molar-refractivity contribution in [1.82, 2.24) is 9.55 Å². The molecule has 1 aliphatic rings. The van der Waals surface area contributed by atoms with Gasteiger partial charge in [-0.2, -0.15) is 0 Å². The van der Waals surface area contributed by atoms with E-state index in [9.17, 15) is 0 Å². The van der Waals surface area contributed by atoms with Crippen molar-refractivity contribution in [2.75, 3.05) is 0 Å². The summed E-state index contributed by atoms with van der Waals surface area (Å²) in [4.78, 5) is 3.58. The number of aromatic amines is 1. The van der Waals surface area contributed by atoms with Crippen LogP contribution in [0.25, 0.3) is 49.3 Å². The number of rotatable bonds is 0. The van der Waals surface area contributed by atoms with Crippen LogP contribution in [0.3, 0.4) is 0 Å². The van der Waals surface area contributed by atoms with E-state index in [2.05, 4.69) is 76.3 Å². The van der Waals surface area contributed by atoms with Gasteiger partial charge in [-0.05, 0) is 30.3 Å². The molecule has 0 fully saturated rings. The van der Waals surface area contributed by atoms with Crippen LogP contribution < -0.4 is 4.74 Å². The quantitative estimate of drug-likeness (QED) is 0.333. The SMILES string of the molecule is c1ccc2c(c1)Oc1c3c(cc4c5ccccc5n-2c14)[nH]c1ccccc13. The Morgan fingerprint density at radius 2 is 1.48 bits per heavy atom. The van der Waals surface area contributed by atoms with Crippen molar-refractivity contribution >= 4 is 43.6 Å². The number of benzene rings is 4. The standard InChI is InChI=1S/C24H14N2O/c1-3-9-17-15(8-1)22-18(25-17)13-16-14-7-2-4-10-19(14)26-20-11-5-6-12-21(20)27-24(22)23(16)26/h1-13,25H. The lowest BCUT2D eigenvalue weighted by Gasteiger charge is -2.21. The Morgan fingerprint density at radius 3 is 2.44 bits per heavy atom. The van der Waals surface area contributed by atoms with E-state index in [0.29, 0.717) is 0 Å². The Kier molecular flexibility index (Phi) is 2.25.